The number of rotatable bonds is 6. The molecule has 1 heterocycles. The smallest absolute Gasteiger partial charge is 0.127 e. The van der Waals surface area contributed by atoms with Gasteiger partial charge in [0.2, 0.25) is 0 Å². The summed E-state index contributed by atoms with van der Waals surface area (Å²) < 4.78 is 11.5. The lowest BCUT2D eigenvalue weighted by atomic mass is 9.93. The molecule has 138 valence electrons. The van der Waals surface area contributed by atoms with Gasteiger partial charge in [-0.05, 0) is 35.4 Å². The molecule has 0 radical (unpaired) electrons. The minimum Gasteiger partial charge on any atom is -0.457 e. The van der Waals surface area contributed by atoms with Crippen LogP contribution in [0.2, 0.25) is 0 Å². The van der Waals surface area contributed by atoms with Gasteiger partial charge in [-0.1, -0.05) is 24.3 Å². The fourth-order valence-electron chi connectivity index (χ4n) is 3.04. The summed E-state index contributed by atoms with van der Waals surface area (Å²) in [5, 5.41) is 29.4. The van der Waals surface area contributed by atoms with E-state index in [-0.39, 0.29) is 13.0 Å². The van der Waals surface area contributed by atoms with E-state index in [1.165, 1.54) is 0 Å². The van der Waals surface area contributed by atoms with Gasteiger partial charge in [-0.3, -0.25) is 0 Å². The molecule has 26 heavy (non-hydrogen) atoms. The molecule has 0 saturated carbocycles. The Kier molecular flexibility index (Phi) is 6.00. The van der Waals surface area contributed by atoms with E-state index in [9.17, 15) is 20.1 Å². The summed E-state index contributed by atoms with van der Waals surface area (Å²) >= 11 is 0. The predicted molar refractivity (Wildman–Crippen MR) is 94.1 cm³/mol. The van der Waals surface area contributed by atoms with E-state index in [0.29, 0.717) is 23.5 Å². The molecule has 0 aliphatic carbocycles. The van der Waals surface area contributed by atoms with E-state index < -0.39 is 24.4 Å². The largest absolute Gasteiger partial charge is 0.457 e. The van der Waals surface area contributed by atoms with Crippen LogP contribution in [0.1, 0.15) is 23.7 Å². The van der Waals surface area contributed by atoms with E-state index >= 15 is 0 Å². The average molecular weight is 358 g/mol. The van der Waals surface area contributed by atoms with Crippen LogP contribution in [-0.4, -0.2) is 46.5 Å². The molecule has 2 aromatic rings. The lowest BCUT2D eigenvalue weighted by molar-refractivity contribution is -0.179. The van der Waals surface area contributed by atoms with Crippen molar-refractivity contribution in [2.75, 3.05) is 6.61 Å². The average Bonchev–Trinajstić information content (AvgIpc) is 2.65. The van der Waals surface area contributed by atoms with Crippen LogP contribution in [0.3, 0.4) is 0 Å². The zero-order chi connectivity index (χ0) is 18.5. The number of aliphatic hydroxyl groups excluding tert-OH is 3. The SMILES string of the molecule is O=CCc1cccc(Oc2ccc([C@H]3OC(CO)CC(O)C3O)cc2)c1. The molecule has 1 saturated heterocycles. The number of carbonyl (C=O) groups excluding carboxylic acids is 1. The van der Waals surface area contributed by atoms with Gasteiger partial charge in [-0.25, -0.2) is 0 Å². The number of hydrogen-bond donors (Lipinski definition) is 3. The molecule has 1 fully saturated rings. The van der Waals surface area contributed by atoms with Gasteiger partial charge in [0.05, 0.1) is 18.8 Å². The molecule has 3 unspecified atom stereocenters. The first-order valence-corrected chi connectivity index (χ1v) is 8.53. The van der Waals surface area contributed by atoms with Gasteiger partial charge in [0.1, 0.15) is 30.0 Å². The molecule has 1 aliphatic rings. The Morgan fingerprint density at radius 3 is 2.58 bits per heavy atom. The summed E-state index contributed by atoms with van der Waals surface area (Å²) in [7, 11) is 0. The summed E-state index contributed by atoms with van der Waals surface area (Å²) in [6.07, 6.45) is -1.83. The van der Waals surface area contributed by atoms with Crippen LogP contribution < -0.4 is 4.74 Å². The fraction of sp³-hybridized carbons (Fsp3) is 0.350. The molecular weight excluding hydrogens is 336 g/mol. The molecule has 6 nitrogen and oxygen atoms in total. The van der Waals surface area contributed by atoms with Crippen LogP contribution in [-0.2, 0) is 16.0 Å². The maximum Gasteiger partial charge on any atom is 0.127 e. The van der Waals surface area contributed by atoms with Crippen LogP contribution in [0.5, 0.6) is 11.5 Å². The highest BCUT2D eigenvalue weighted by Crippen LogP contribution is 2.33. The number of carbonyl (C=O) groups is 1. The Bertz CT molecular complexity index is 729. The van der Waals surface area contributed by atoms with Crippen LogP contribution >= 0.6 is 0 Å². The van der Waals surface area contributed by atoms with Crippen molar-refractivity contribution in [2.45, 2.75) is 37.3 Å². The Labute approximate surface area is 151 Å². The van der Waals surface area contributed by atoms with Crippen molar-refractivity contribution in [3.05, 3.63) is 59.7 Å². The van der Waals surface area contributed by atoms with Gasteiger partial charge < -0.3 is 29.6 Å². The zero-order valence-electron chi connectivity index (χ0n) is 14.2. The number of hydrogen-bond acceptors (Lipinski definition) is 6. The second kappa shape index (κ2) is 8.42. The van der Waals surface area contributed by atoms with Crippen molar-refractivity contribution < 1.29 is 29.6 Å². The molecule has 0 amide bonds. The number of benzene rings is 2. The third-order valence-electron chi connectivity index (χ3n) is 4.41. The highest BCUT2D eigenvalue weighted by atomic mass is 16.5. The topological polar surface area (TPSA) is 96.2 Å². The van der Waals surface area contributed by atoms with Crippen LogP contribution in [0.15, 0.2) is 48.5 Å². The number of ether oxygens (including phenoxy) is 2. The van der Waals surface area contributed by atoms with Gasteiger partial charge in [-0.2, -0.15) is 0 Å². The van der Waals surface area contributed by atoms with Crippen molar-refractivity contribution in [3.63, 3.8) is 0 Å². The monoisotopic (exact) mass is 358 g/mol. The van der Waals surface area contributed by atoms with Gasteiger partial charge in [-0.15, -0.1) is 0 Å². The normalized spacial score (nSPS) is 25.7. The molecular formula is C20H22O6. The first-order valence-electron chi connectivity index (χ1n) is 8.53. The molecule has 3 N–H and O–H groups in total. The Morgan fingerprint density at radius 1 is 1.12 bits per heavy atom. The highest BCUT2D eigenvalue weighted by Gasteiger charge is 2.37. The third kappa shape index (κ3) is 4.28. The van der Waals surface area contributed by atoms with E-state index in [4.69, 9.17) is 9.47 Å². The Morgan fingerprint density at radius 2 is 1.88 bits per heavy atom. The Hall–Kier alpha value is -2.25. The van der Waals surface area contributed by atoms with Crippen molar-refractivity contribution in [3.8, 4) is 11.5 Å². The Balaban J connectivity index is 1.72. The highest BCUT2D eigenvalue weighted by molar-refractivity contribution is 5.55. The van der Waals surface area contributed by atoms with Gasteiger partial charge >= 0.3 is 0 Å². The molecule has 0 aromatic heterocycles. The summed E-state index contributed by atoms with van der Waals surface area (Å²) in [4.78, 5) is 10.6. The van der Waals surface area contributed by atoms with E-state index in [0.717, 1.165) is 11.8 Å². The lowest BCUT2D eigenvalue weighted by Gasteiger charge is -2.36. The van der Waals surface area contributed by atoms with Gasteiger partial charge in [0.25, 0.3) is 0 Å². The summed E-state index contributed by atoms with van der Waals surface area (Å²) in [5.74, 6) is 1.23. The third-order valence-corrected chi connectivity index (χ3v) is 4.41. The first-order chi connectivity index (χ1) is 12.6. The maximum atomic E-state index is 10.6. The van der Waals surface area contributed by atoms with E-state index in [2.05, 4.69) is 0 Å². The van der Waals surface area contributed by atoms with Crippen LogP contribution in [0.25, 0.3) is 0 Å². The number of aldehydes is 1. The molecule has 0 bridgehead atoms. The summed E-state index contributed by atoms with van der Waals surface area (Å²) in [5.41, 5.74) is 1.56. The van der Waals surface area contributed by atoms with Crippen molar-refractivity contribution >= 4 is 6.29 Å². The second-order valence-electron chi connectivity index (χ2n) is 6.34. The standard InChI is InChI=1S/C20H22O6/c21-9-8-13-2-1-3-16(10-13)25-15-6-4-14(5-7-15)20-19(24)18(23)11-17(12-22)26-20/h1-7,9-10,17-20,22-24H,8,11-12H2/t17?,18?,19?,20-/m1/s1. The zero-order valence-corrected chi connectivity index (χ0v) is 14.2. The maximum absolute atomic E-state index is 10.6. The quantitative estimate of drug-likeness (QED) is 0.681. The molecule has 3 rings (SSSR count). The minimum absolute atomic E-state index is 0.201. The van der Waals surface area contributed by atoms with Crippen LogP contribution in [0.4, 0.5) is 0 Å². The minimum atomic E-state index is -1.05. The van der Waals surface area contributed by atoms with E-state index in [1.54, 1.807) is 36.4 Å². The fourth-order valence-corrected chi connectivity index (χ4v) is 3.04. The molecule has 1 aliphatic heterocycles. The van der Waals surface area contributed by atoms with Crippen LogP contribution in [0, 0.1) is 0 Å². The predicted octanol–water partition coefficient (Wildman–Crippen LogP) is 1.76. The molecule has 0 spiro atoms. The van der Waals surface area contributed by atoms with Gasteiger partial charge in [0.15, 0.2) is 0 Å². The van der Waals surface area contributed by atoms with Crippen molar-refractivity contribution in [1.29, 1.82) is 0 Å². The second-order valence-corrected chi connectivity index (χ2v) is 6.34. The van der Waals surface area contributed by atoms with Crippen molar-refractivity contribution in [1.82, 2.24) is 0 Å². The lowest BCUT2D eigenvalue weighted by Crippen LogP contribution is -2.44. The van der Waals surface area contributed by atoms with Crippen molar-refractivity contribution in [2.24, 2.45) is 0 Å². The number of aliphatic hydroxyl groups is 3. The molecule has 2 aromatic carbocycles. The summed E-state index contributed by atoms with van der Waals surface area (Å²) in [6.45, 7) is -0.210. The van der Waals surface area contributed by atoms with Gasteiger partial charge in [0, 0.05) is 12.8 Å². The molecule has 4 atom stereocenters. The molecule has 6 heteroatoms. The summed E-state index contributed by atoms with van der Waals surface area (Å²) in [6, 6.07) is 14.3. The van der Waals surface area contributed by atoms with E-state index in [1.807, 2.05) is 12.1 Å². The first kappa shape index (κ1) is 18.5.